The molecule has 1 N–H and O–H groups in total. The van der Waals surface area contributed by atoms with Gasteiger partial charge in [-0.25, -0.2) is 4.39 Å². The van der Waals surface area contributed by atoms with Crippen molar-refractivity contribution in [1.82, 2.24) is 10.2 Å². The van der Waals surface area contributed by atoms with Gasteiger partial charge >= 0.3 is 0 Å². The Bertz CT molecular complexity index is 929. The van der Waals surface area contributed by atoms with E-state index in [1.807, 2.05) is 32.0 Å². The number of rotatable bonds is 7. The van der Waals surface area contributed by atoms with Gasteiger partial charge in [0, 0.05) is 5.75 Å². The third kappa shape index (κ3) is 5.77. The normalized spacial score (nSPS) is 10.6. The van der Waals surface area contributed by atoms with Crippen LogP contribution in [0.4, 0.5) is 9.52 Å². The van der Waals surface area contributed by atoms with Crippen LogP contribution in [0.5, 0.6) is 5.75 Å². The minimum Gasteiger partial charge on any atom is -0.483 e. The lowest BCUT2D eigenvalue weighted by atomic mass is 10.1. The van der Waals surface area contributed by atoms with Gasteiger partial charge < -0.3 is 4.74 Å². The smallest absolute Gasteiger partial charge is 0.264 e. The monoisotopic (exact) mass is 403 g/mol. The van der Waals surface area contributed by atoms with Crippen LogP contribution in [0.25, 0.3) is 0 Å². The molecule has 1 heterocycles. The summed E-state index contributed by atoms with van der Waals surface area (Å²) in [5.74, 6) is 0.788. The van der Waals surface area contributed by atoms with Crippen LogP contribution in [0.15, 0.2) is 46.8 Å². The SMILES string of the molecule is Cc1ccc(OCC(=O)Nc2nnc(SCc3ccc(F)cc3)s2)c(C)c1. The molecule has 1 amide bonds. The zero-order valence-electron chi connectivity index (χ0n) is 14.9. The van der Waals surface area contributed by atoms with Crippen molar-refractivity contribution >= 4 is 34.1 Å². The van der Waals surface area contributed by atoms with Gasteiger partial charge in [0.1, 0.15) is 11.6 Å². The summed E-state index contributed by atoms with van der Waals surface area (Å²) in [6.45, 7) is 3.85. The van der Waals surface area contributed by atoms with Crippen LogP contribution >= 0.6 is 23.1 Å². The Balaban J connectivity index is 1.48. The van der Waals surface area contributed by atoms with Crippen LogP contribution in [0.2, 0.25) is 0 Å². The van der Waals surface area contributed by atoms with Crippen LogP contribution in [-0.2, 0) is 10.5 Å². The maximum atomic E-state index is 12.9. The molecule has 0 aliphatic rings. The van der Waals surface area contributed by atoms with Crippen LogP contribution in [0, 0.1) is 19.7 Å². The van der Waals surface area contributed by atoms with Crippen LogP contribution in [0.1, 0.15) is 16.7 Å². The fourth-order valence-electron chi connectivity index (χ4n) is 2.30. The van der Waals surface area contributed by atoms with E-state index in [0.717, 1.165) is 21.0 Å². The Labute approximate surface area is 165 Å². The van der Waals surface area contributed by atoms with Gasteiger partial charge in [0.05, 0.1) is 0 Å². The van der Waals surface area contributed by atoms with Crippen LogP contribution in [-0.4, -0.2) is 22.7 Å². The van der Waals surface area contributed by atoms with Crippen molar-refractivity contribution in [2.24, 2.45) is 0 Å². The lowest BCUT2D eigenvalue weighted by Crippen LogP contribution is -2.20. The average Bonchev–Trinajstić information content (AvgIpc) is 3.08. The number of aromatic nitrogens is 2. The van der Waals surface area contributed by atoms with Gasteiger partial charge in [-0.05, 0) is 43.2 Å². The number of benzene rings is 2. The lowest BCUT2D eigenvalue weighted by Gasteiger charge is -2.09. The zero-order chi connectivity index (χ0) is 19.2. The Morgan fingerprint density at radius 2 is 1.96 bits per heavy atom. The molecule has 2 aromatic carbocycles. The molecule has 1 aromatic heterocycles. The maximum absolute atomic E-state index is 12.9. The predicted molar refractivity (Wildman–Crippen MR) is 106 cm³/mol. The van der Waals surface area contributed by atoms with Crippen molar-refractivity contribution in [2.75, 3.05) is 11.9 Å². The van der Waals surface area contributed by atoms with E-state index in [-0.39, 0.29) is 18.3 Å². The summed E-state index contributed by atoms with van der Waals surface area (Å²) in [7, 11) is 0. The molecular formula is C19H18FN3O2S2. The van der Waals surface area contributed by atoms with Gasteiger partial charge in [-0.1, -0.05) is 52.9 Å². The van der Waals surface area contributed by atoms with Gasteiger partial charge in [-0.2, -0.15) is 0 Å². The highest BCUT2D eigenvalue weighted by atomic mass is 32.2. The first-order valence-electron chi connectivity index (χ1n) is 8.20. The molecule has 0 unspecified atom stereocenters. The number of anilines is 1. The fraction of sp³-hybridized carbons (Fsp3) is 0.211. The highest BCUT2D eigenvalue weighted by Gasteiger charge is 2.10. The van der Waals surface area contributed by atoms with E-state index in [4.69, 9.17) is 4.74 Å². The Kier molecular flexibility index (Phi) is 6.41. The number of hydrogen-bond acceptors (Lipinski definition) is 6. The second kappa shape index (κ2) is 8.96. The Hall–Kier alpha value is -2.45. The van der Waals surface area contributed by atoms with Crippen molar-refractivity contribution < 1.29 is 13.9 Å². The largest absolute Gasteiger partial charge is 0.483 e. The third-order valence-electron chi connectivity index (χ3n) is 3.62. The van der Waals surface area contributed by atoms with Gasteiger partial charge in [0.2, 0.25) is 5.13 Å². The standard InChI is InChI=1S/C19H18FN3O2S2/c1-12-3-8-16(13(2)9-12)25-10-17(24)21-18-22-23-19(27-18)26-11-14-4-6-15(20)7-5-14/h3-9H,10-11H2,1-2H3,(H,21,22,24). The Morgan fingerprint density at radius 3 is 2.70 bits per heavy atom. The van der Waals surface area contributed by atoms with Crippen LogP contribution in [0.3, 0.4) is 0 Å². The molecular weight excluding hydrogens is 385 g/mol. The third-order valence-corrected chi connectivity index (χ3v) is 5.66. The second-order valence-corrected chi connectivity index (χ2v) is 8.09. The highest BCUT2D eigenvalue weighted by molar-refractivity contribution is 8.00. The van der Waals surface area contributed by atoms with E-state index in [9.17, 15) is 9.18 Å². The molecule has 0 spiro atoms. The molecule has 3 aromatic rings. The molecule has 0 atom stereocenters. The second-order valence-electron chi connectivity index (χ2n) is 5.89. The summed E-state index contributed by atoms with van der Waals surface area (Å²) in [6, 6.07) is 12.1. The number of nitrogens with one attached hydrogen (secondary N) is 1. The molecule has 0 bridgehead atoms. The number of carbonyl (C=O) groups excluding carboxylic acids is 1. The molecule has 0 aliphatic heterocycles. The van der Waals surface area contributed by atoms with E-state index in [1.54, 1.807) is 12.1 Å². The molecule has 3 rings (SSSR count). The fourth-order valence-corrected chi connectivity index (χ4v) is 4.03. The Morgan fingerprint density at radius 1 is 1.19 bits per heavy atom. The predicted octanol–water partition coefficient (Wildman–Crippen LogP) is 4.60. The summed E-state index contributed by atoms with van der Waals surface area (Å²) in [5, 5.41) is 11.1. The number of thioether (sulfide) groups is 1. The number of hydrogen-bond donors (Lipinski definition) is 1. The van der Waals surface area contributed by atoms with E-state index < -0.39 is 0 Å². The van der Waals surface area contributed by atoms with E-state index in [1.165, 1.54) is 35.2 Å². The maximum Gasteiger partial charge on any atom is 0.264 e. The topological polar surface area (TPSA) is 64.1 Å². The average molecular weight is 404 g/mol. The summed E-state index contributed by atoms with van der Waals surface area (Å²) in [5.41, 5.74) is 3.12. The minimum atomic E-state index is -0.291. The van der Waals surface area contributed by atoms with Crippen molar-refractivity contribution in [3.8, 4) is 5.75 Å². The van der Waals surface area contributed by atoms with E-state index in [0.29, 0.717) is 16.6 Å². The summed E-state index contributed by atoms with van der Waals surface area (Å²) in [6.07, 6.45) is 0. The number of amides is 1. The number of aryl methyl sites for hydroxylation is 2. The molecule has 0 aliphatic carbocycles. The molecule has 0 fully saturated rings. The minimum absolute atomic E-state index is 0.0957. The molecule has 140 valence electrons. The molecule has 0 saturated heterocycles. The number of halogens is 1. The first kappa shape index (κ1) is 19.3. The zero-order valence-corrected chi connectivity index (χ0v) is 16.5. The van der Waals surface area contributed by atoms with Crippen molar-refractivity contribution in [2.45, 2.75) is 23.9 Å². The molecule has 5 nitrogen and oxygen atoms in total. The number of nitrogens with zero attached hydrogens (tertiary/aromatic N) is 2. The highest BCUT2D eigenvalue weighted by Crippen LogP contribution is 2.28. The molecule has 27 heavy (non-hydrogen) atoms. The van der Waals surface area contributed by atoms with Crippen molar-refractivity contribution in [3.63, 3.8) is 0 Å². The van der Waals surface area contributed by atoms with Crippen molar-refractivity contribution in [3.05, 3.63) is 65.0 Å². The van der Waals surface area contributed by atoms with Gasteiger partial charge in [-0.3, -0.25) is 10.1 Å². The quantitative estimate of drug-likeness (QED) is 0.461. The van der Waals surface area contributed by atoms with E-state index in [2.05, 4.69) is 15.5 Å². The van der Waals surface area contributed by atoms with Crippen molar-refractivity contribution in [1.29, 1.82) is 0 Å². The summed E-state index contributed by atoms with van der Waals surface area (Å²) in [4.78, 5) is 12.0. The van der Waals surface area contributed by atoms with Crippen LogP contribution < -0.4 is 10.1 Å². The van der Waals surface area contributed by atoms with E-state index >= 15 is 0 Å². The van der Waals surface area contributed by atoms with Gasteiger partial charge in [-0.15, -0.1) is 10.2 Å². The first-order chi connectivity index (χ1) is 13.0. The van der Waals surface area contributed by atoms with Gasteiger partial charge in [0.15, 0.2) is 10.9 Å². The number of ether oxygens (including phenoxy) is 1. The number of carbonyl (C=O) groups is 1. The summed E-state index contributed by atoms with van der Waals surface area (Å²) < 4.78 is 19.2. The lowest BCUT2D eigenvalue weighted by molar-refractivity contribution is -0.118. The molecule has 0 radical (unpaired) electrons. The summed E-state index contributed by atoms with van der Waals surface area (Å²) >= 11 is 2.77. The molecule has 0 saturated carbocycles. The first-order valence-corrected chi connectivity index (χ1v) is 10.0. The van der Waals surface area contributed by atoms with Gasteiger partial charge in [0.25, 0.3) is 5.91 Å². The molecule has 8 heteroatoms.